The van der Waals surface area contributed by atoms with Gasteiger partial charge in [0.25, 0.3) is 0 Å². The fraction of sp³-hybridized carbons (Fsp3) is 0.625. The van der Waals surface area contributed by atoms with Gasteiger partial charge in [-0.2, -0.15) is 0 Å². The number of ether oxygens (including phenoxy) is 3. The molecule has 3 aliphatic heterocycles. The Balaban J connectivity index is 1.32. The van der Waals surface area contributed by atoms with E-state index in [1.165, 1.54) is 11.8 Å². The van der Waals surface area contributed by atoms with Gasteiger partial charge in [0.15, 0.2) is 5.82 Å². The Morgan fingerprint density at radius 3 is 2.68 bits per heavy atom. The number of hydrogen-bond acceptors (Lipinski definition) is 9. The number of rotatable bonds is 6. The van der Waals surface area contributed by atoms with Crippen LogP contribution >= 0.6 is 23.4 Å². The van der Waals surface area contributed by atoms with Crippen LogP contribution < -0.4 is 9.64 Å². The SMILES string of the molecule is Cc1nc(N2CCC3(CCOC3)CC2)c(CO)nc1Sc1ccnc(OC2CCOCC2)c1Cl. The predicted octanol–water partition coefficient (Wildman–Crippen LogP) is 4.04. The quantitative estimate of drug-likeness (QED) is 0.623. The molecule has 0 bridgehead atoms. The second-order valence-corrected chi connectivity index (χ2v) is 10.7. The fourth-order valence-corrected chi connectivity index (χ4v) is 5.98. The summed E-state index contributed by atoms with van der Waals surface area (Å²) >= 11 is 8.08. The van der Waals surface area contributed by atoms with E-state index in [9.17, 15) is 5.11 Å². The number of anilines is 1. The average Bonchev–Trinajstić information content (AvgIpc) is 3.31. The summed E-state index contributed by atoms with van der Waals surface area (Å²) in [4.78, 5) is 17.0. The van der Waals surface area contributed by atoms with Crippen molar-refractivity contribution in [3.05, 3.63) is 28.7 Å². The van der Waals surface area contributed by atoms with Gasteiger partial charge in [-0.25, -0.2) is 15.0 Å². The van der Waals surface area contributed by atoms with Gasteiger partial charge in [-0.15, -0.1) is 0 Å². The van der Waals surface area contributed by atoms with Gasteiger partial charge in [0, 0.05) is 43.6 Å². The first-order valence-corrected chi connectivity index (χ1v) is 13.1. The van der Waals surface area contributed by atoms with Gasteiger partial charge in [0.2, 0.25) is 5.88 Å². The molecule has 3 fully saturated rings. The molecule has 5 heterocycles. The zero-order valence-electron chi connectivity index (χ0n) is 19.5. The maximum Gasteiger partial charge on any atom is 0.234 e. The monoisotopic (exact) mass is 506 g/mol. The number of nitrogens with zero attached hydrogens (tertiary/aromatic N) is 4. The molecule has 2 aromatic heterocycles. The van der Waals surface area contributed by atoms with E-state index in [1.54, 1.807) is 6.20 Å². The molecular formula is C24H31ClN4O4S. The topological polar surface area (TPSA) is 89.8 Å². The highest BCUT2D eigenvalue weighted by molar-refractivity contribution is 7.99. The molecule has 10 heteroatoms. The predicted molar refractivity (Wildman–Crippen MR) is 130 cm³/mol. The van der Waals surface area contributed by atoms with Gasteiger partial charge in [0.05, 0.1) is 32.1 Å². The van der Waals surface area contributed by atoms with Crippen LogP contribution in [0.3, 0.4) is 0 Å². The number of pyridine rings is 1. The smallest absolute Gasteiger partial charge is 0.234 e. The van der Waals surface area contributed by atoms with Gasteiger partial charge < -0.3 is 24.2 Å². The Labute approximate surface area is 209 Å². The number of aliphatic hydroxyl groups is 1. The van der Waals surface area contributed by atoms with Crippen molar-refractivity contribution in [2.24, 2.45) is 5.41 Å². The lowest BCUT2D eigenvalue weighted by Gasteiger charge is -2.39. The molecule has 1 spiro atoms. The summed E-state index contributed by atoms with van der Waals surface area (Å²) in [6.45, 7) is 6.70. The minimum atomic E-state index is -0.164. The van der Waals surface area contributed by atoms with Crippen molar-refractivity contribution in [2.75, 3.05) is 44.4 Å². The molecule has 2 aromatic rings. The zero-order chi connectivity index (χ0) is 23.5. The Bertz CT molecular complexity index is 1000. The normalized spacial score (nSPS) is 20.7. The first-order chi connectivity index (χ1) is 16.6. The molecule has 0 unspecified atom stereocenters. The number of hydrogen-bond donors (Lipinski definition) is 1. The van der Waals surface area contributed by atoms with Gasteiger partial charge >= 0.3 is 0 Å². The van der Waals surface area contributed by atoms with Crippen LogP contribution in [-0.4, -0.2) is 65.7 Å². The molecule has 34 heavy (non-hydrogen) atoms. The molecule has 0 aliphatic carbocycles. The van der Waals surface area contributed by atoms with Gasteiger partial charge in [-0.3, -0.25) is 0 Å². The Hall–Kier alpha value is -1.65. The summed E-state index contributed by atoms with van der Waals surface area (Å²) in [5, 5.41) is 11.3. The highest BCUT2D eigenvalue weighted by Crippen LogP contribution is 2.42. The molecule has 5 rings (SSSR count). The summed E-state index contributed by atoms with van der Waals surface area (Å²) in [5.41, 5.74) is 1.72. The van der Waals surface area contributed by atoms with Crippen molar-refractivity contribution in [3.8, 4) is 5.88 Å². The fourth-order valence-electron chi connectivity index (χ4n) is 4.84. The van der Waals surface area contributed by atoms with E-state index in [1.807, 2.05) is 13.0 Å². The van der Waals surface area contributed by atoms with Crippen molar-refractivity contribution < 1.29 is 19.3 Å². The third kappa shape index (κ3) is 5.14. The standard InChI is InChI=1S/C24H31ClN4O4S/c1-16-23(34-19-2-8-26-22(20(19)25)33-17-3-11-31-12-4-17)28-18(14-30)21(27-16)29-9-5-24(6-10-29)7-13-32-15-24/h2,8,17,30H,3-7,9-15H2,1H3. The molecule has 0 radical (unpaired) electrons. The minimum Gasteiger partial charge on any atom is -0.473 e. The third-order valence-electron chi connectivity index (χ3n) is 7.01. The summed E-state index contributed by atoms with van der Waals surface area (Å²) in [7, 11) is 0. The highest BCUT2D eigenvalue weighted by Gasteiger charge is 2.38. The van der Waals surface area contributed by atoms with E-state index >= 15 is 0 Å². The summed E-state index contributed by atoms with van der Waals surface area (Å²) in [5.74, 6) is 1.21. The van der Waals surface area contributed by atoms with Crippen LogP contribution in [0.5, 0.6) is 5.88 Å². The summed E-state index contributed by atoms with van der Waals surface area (Å²) in [6, 6.07) is 1.85. The van der Waals surface area contributed by atoms with Gasteiger partial charge in [-0.05, 0) is 37.7 Å². The molecule has 1 N–H and O–H groups in total. The van der Waals surface area contributed by atoms with E-state index in [4.69, 9.17) is 35.8 Å². The van der Waals surface area contributed by atoms with E-state index in [-0.39, 0.29) is 12.7 Å². The molecule has 0 aromatic carbocycles. The van der Waals surface area contributed by atoms with Crippen molar-refractivity contribution in [2.45, 2.75) is 61.7 Å². The number of halogens is 1. The lowest BCUT2D eigenvalue weighted by Crippen LogP contribution is -2.41. The molecule has 0 saturated carbocycles. The van der Waals surface area contributed by atoms with Crippen molar-refractivity contribution in [3.63, 3.8) is 0 Å². The molecule has 3 aliphatic rings. The largest absolute Gasteiger partial charge is 0.473 e. The van der Waals surface area contributed by atoms with Crippen LogP contribution in [0.15, 0.2) is 22.2 Å². The summed E-state index contributed by atoms with van der Waals surface area (Å²) in [6.07, 6.45) is 6.71. The molecule has 3 saturated heterocycles. The maximum absolute atomic E-state index is 10.1. The highest BCUT2D eigenvalue weighted by atomic mass is 35.5. The average molecular weight is 507 g/mol. The number of piperidine rings is 1. The van der Waals surface area contributed by atoms with Crippen LogP contribution in [0.2, 0.25) is 5.02 Å². The van der Waals surface area contributed by atoms with Crippen LogP contribution in [0.1, 0.15) is 43.5 Å². The number of aliphatic hydroxyl groups excluding tert-OH is 1. The first kappa shape index (κ1) is 24.1. The zero-order valence-corrected chi connectivity index (χ0v) is 21.0. The van der Waals surface area contributed by atoms with Gasteiger partial charge in [0.1, 0.15) is 21.8 Å². The molecule has 8 nitrogen and oxygen atoms in total. The molecular weight excluding hydrogens is 476 g/mol. The molecule has 184 valence electrons. The second kappa shape index (κ2) is 10.5. The van der Waals surface area contributed by atoms with E-state index < -0.39 is 0 Å². The third-order valence-corrected chi connectivity index (χ3v) is 8.63. The molecule has 0 amide bonds. The van der Waals surface area contributed by atoms with E-state index in [0.717, 1.165) is 79.8 Å². The Morgan fingerprint density at radius 1 is 1.18 bits per heavy atom. The minimum absolute atomic E-state index is 0.0558. The van der Waals surface area contributed by atoms with Crippen LogP contribution in [0, 0.1) is 12.3 Å². The van der Waals surface area contributed by atoms with Gasteiger partial charge in [-0.1, -0.05) is 23.4 Å². The first-order valence-electron chi connectivity index (χ1n) is 11.9. The lowest BCUT2D eigenvalue weighted by molar-refractivity contribution is 0.0237. The van der Waals surface area contributed by atoms with Crippen molar-refractivity contribution >= 4 is 29.2 Å². The van der Waals surface area contributed by atoms with E-state index in [2.05, 4.69) is 9.88 Å². The van der Waals surface area contributed by atoms with Crippen LogP contribution in [-0.2, 0) is 16.1 Å². The Morgan fingerprint density at radius 2 is 1.97 bits per heavy atom. The summed E-state index contributed by atoms with van der Waals surface area (Å²) < 4.78 is 17.1. The van der Waals surface area contributed by atoms with Crippen LogP contribution in [0.25, 0.3) is 0 Å². The lowest BCUT2D eigenvalue weighted by atomic mass is 9.78. The second-order valence-electron chi connectivity index (χ2n) is 9.29. The molecule has 0 atom stereocenters. The van der Waals surface area contributed by atoms with Crippen LogP contribution in [0.4, 0.5) is 5.82 Å². The van der Waals surface area contributed by atoms with Crippen molar-refractivity contribution in [1.82, 2.24) is 15.0 Å². The number of aromatic nitrogens is 3. The van der Waals surface area contributed by atoms with E-state index in [0.29, 0.717) is 35.2 Å². The maximum atomic E-state index is 10.1. The Kier molecular flexibility index (Phi) is 7.46. The number of aryl methyl sites for hydroxylation is 1. The van der Waals surface area contributed by atoms with Crippen molar-refractivity contribution in [1.29, 1.82) is 0 Å².